The average molecular weight is 404 g/mol. The Kier molecular flexibility index (Phi) is 6.29. The van der Waals surface area contributed by atoms with Gasteiger partial charge in [0.2, 0.25) is 5.78 Å². The van der Waals surface area contributed by atoms with Crippen LogP contribution in [-0.4, -0.2) is 29.2 Å². The number of hydrogen-bond donors (Lipinski definition) is 1. The first-order valence-electron chi connectivity index (χ1n) is 8.85. The van der Waals surface area contributed by atoms with Crippen molar-refractivity contribution in [3.63, 3.8) is 0 Å². The van der Waals surface area contributed by atoms with Crippen LogP contribution in [0, 0.1) is 10.1 Å². The van der Waals surface area contributed by atoms with E-state index in [1.165, 1.54) is 30.3 Å². The highest BCUT2D eigenvalue weighted by molar-refractivity contribution is 6.05. The molecule has 0 aliphatic heterocycles. The van der Waals surface area contributed by atoms with E-state index in [1.807, 2.05) is 0 Å². The maximum Gasteiger partial charge on any atom is 0.338 e. The molecule has 1 N–H and O–H groups in total. The van der Waals surface area contributed by atoms with Gasteiger partial charge in [-0.2, -0.15) is 0 Å². The van der Waals surface area contributed by atoms with E-state index in [4.69, 9.17) is 4.74 Å². The van der Waals surface area contributed by atoms with Gasteiger partial charge in [-0.1, -0.05) is 36.4 Å². The van der Waals surface area contributed by atoms with Crippen molar-refractivity contribution in [2.24, 2.45) is 0 Å². The molecule has 8 nitrogen and oxygen atoms in total. The molecule has 0 saturated heterocycles. The van der Waals surface area contributed by atoms with Crippen LogP contribution in [0.15, 0.2) is 78.9 Å². The number of esters is 1. The Balaban J connectivity index is 1.62. The maximum absolute atomic E-state index is 12.3. The standard InChI is InChI=1S/C22H16N2O6/c25-20(16-8-5-11-19(13-16)24(28)29)14-30-22(27)17-9-4-10-18(12-17)23-21(26)15-6-2-1-3-7-15/h1-13H,14H2,(H,23,26). The predicted molar refractivity (Wildman–Crippen MR) is 109 cm³/mol. The first kappa shape index (κ1) is 20.4. The summed E-state index contributed by atoms with van der Waals surface area (Å²) in [6, 6.07) is 19.9. The van der Waals surface area contributed by atoms with E-state index in [0.29, 0.717) is 11.3 Å². The van der Waals surface area contributed by atoms with E-state index < -0.39 is 23.3 Å². The molecule has 30 heavy (non-hydrogen) atoms. The Morgan fingerprint density at radius 1 is 0.833 bits per heavy atom. The number of amides is 1. The van der Waals surface area contributed by atoms with Gasteiger partial charge in [-0.25, -0.2) is 4.79 Å². The molecule has 0 heterocycles. The molecule has 0 fully saturated rings. The van der Waals surface area contributed by atoms with E-state index >= 15 is 0 Å². The van der Waals surface area contributed by atoms with Crippen molar-refractivity contribution in [1.29, 1.82) is 0 Å². The summed E-state index contributed by atoms with van der Waals surface area (Å²) >= 11 is 0. The zero-order chi connectivity index (χ0) is 21.5. The molecule has 3 aromatic carbocycles. The third-order valence-corrected chi connectivity index (χ3v) is 4.11. The van der Waals surface area contributed by atoms with E-state index in [1.54, 1.807) is 42.5 Å². The van der Waals surface area contributed by atoms with Gasteiger partial charge in [-0.15, -0.1) is 0 Å². The fourth-order valence-electron chi connectivity index (χ4n) is 2.61. The van der Waals surface area contributed by atoms with Crippen LogP contribution >= 0.6 is 0 Å². The number of ketones is 1. The Bertz CT molecular complexity index is 1110. The highest BCUT2D eigenvalue weighted by Gasteiger charge is 2.15. The number of Topliss-reactive ketones (excluding diaryl/α,β-unsaturated/α-hetero) is 1. The summed E-state index contributed by atoms with van der Waals surface area (Å²) in [7, 11) is 0. The second-order valence-electron chi connectivity index (χ2n) is 6.21. The highest BCUT2D eigenvalue weighted by Crippen LogP contribution is 2.15. The SMILES string of the molecule is O=C(COC(=O)c1cccc(NC(=O)c2ccccc2)c1)c1cccc([N+](=O)[O-])c1. The van der Waals surface area contributed by atoms with Gasteiger partial charge in [0, 0.05) is 28.9 Å². The highest BCUT2D eigenvalue weighted by atomic mass is 16.6. The van der Waals surface area contributed by atoms with Gasteiger partial charge in [0.15, 0.2) is 6.61 Å². The molecule has 0 atom stereocenters. The molecule has 1 amide bonds. The third kappa shape index (κ3) is 5.14. The van der Waals surface area contributed by atoms with Crippen LogP contribution in [0.2, 0.25) is 0 Å². The van der Waals surface area contributed by atoms with E-state index in [0.717, 1.165) is 6.07 Å². The average Bonchev–Trinajstić information content (AvgIpc) is 2.78. The van der Waals surface area contributed by atoms with Crippen LogP contribution in [-0.2, 0) is 4.74 Å². The molecule has 0 aromatic heterocycles. The summed E-state index contributed by atoms with van der Waals surface area (Å²) in [6.07, 6.45) is 0. The van der Waals surface area contributed by atoms with Crippen LogP contribution in [0.5, 0.6) is 0 Å². The number of benzene rings is 3. The lowest BCUT2D eigenvalue weighted by Gasteiger charge is -2.08. The van der Waals surface area contributed by atoms with Crippen molar-refractivity contribution in [2.75, 3.05) is 11.9 Å². The lowest BCUT2D eigenvalue weighted by atomic mass is 10.1. The monoisotopic (exact) mass is 404 g/mol. The van der Waals surface area contributed by atoms with Gasteiger partial charge in [0.25, 0.3) is 11.6 Å². The van der Waals surface area contributed by atoms with Crippen LogP contribution < -0.4 is 5.32 Å². The minimum Gasteiger partial charge on any atom is -0.454 e. The largest absolute Gasteiger partial charge is 0.454 e. The molecule has 3 aromatic rings. The van der Waals surface area contributed by atoms with Gasteiger partial charge in [0.05, 0.1) is 10.5 Å². The number of carbonyl (C=O) groups is 3. The maximum atomic E-state index is 12.3. The fourth-order valence-corrected chi connectivity index (χ4v) is 2.61. The lowest BCUT2D eigenvalue weighted by molar-refractivity contribution is -0.384. The quantitative estimate of drug-likeness (QED) is 0.276. The van der Waals surface area contributed by atoms with Gasteiger partial charge in [-0.05, 0) is 30.3 Å². The summed E-state index contributed by atoms with van der Waals surface area (Å²) in [5.41, 5.74) is 0.846. The molecule has 0 spiro atoms. The zero-order valence-electron chi connectivity index (χ0n) is 15.6. The van der Waals surface area contributed by atoms with Crippen LogP contribution in [0.25, 0.3) is 0 Å². The number of nitro benzene ring substituents is 1. The molecule has 3 rings (SSSR count). The van der Waals surface area contributed by atoms with Crippen LogP contribution in [0.3, 0.4) is 0 Å². The number of ether oxygens (including phenoxy) is 1. The smallest absolute Gasteiger partial charge is 0.338 e. The van der Waals surface area contributed by atoms with Crippen molar-refractivity contribution >= 4 is 29.0 Å². The minimum absolute atomic E-state index is 0.0703. The van der Waals surface area contributed by atoms with Crippen molar-refractivity contribution in [3.8, 4) is 0 Å². The number of non-ortho nitro benzene ring substituents is 1. The van der Waals surface area contributed by atoms with Crippen molar-refractivity contribution in [3.05, 3.63) is 106 Å². The summed E-state index contributed by atoms with van der Waals surface area (Å²) in [5.74, 6) is -1.66. The molecule has 8 heteroatoms. The second kappa shape index (κ2) is 9.24. The normalized spacial score (nSPS) is 10.1. The van der Waals surface area contributed by atoms with E-state index in [-0.39, 0.29) is 22.7 Å². The molecule has 0 aliphatic rings. The van der Waals surface area contributed by atoms with Crippen molar-refractivity contribution in [1.82, 2.24) is 0 Å². The predicted octanol–water partition coefficient (Wildman–Crippen LogP) is 3.89. The van der Waals surface area contributed by atoms with Crippen molar-refractivity contribution < 1.29 is 24.0 Å². The molecular formula is C22H16N2O6. The number of carbonyl (C=O) groups excluding carboxylic acids is 3. The molecule has 0 radical (unpaired) electrons. The summed E-state index contributed by atoms with van der Waals surface area (Å²) in [4.78, 5) is 46.9. The number of nitrogens with zero attached hydrogens (tertiary/aromatic N) is 1. The molecular weight excluding hydrogens is 388 g/mol. The summed E-state index contributed by atoms with van der Waals surface area (Å²) in [5, 5.41) is 13.5. The van der Waals surface area contributed by atoms with Gasteiger partial charge in [-0.3, -0.25) is 19.7 Å². The molecule has 0 aliphatic carbocycles. The number of hydrogen-bond acceptors (Lipinski definition) is 6. The Morgan fingerprint density at radius 3 is 2.23 bits per heavy atom. The number of nitrogens with one attached hydrogen (secondary N) is 1. The van der Waals surface area contributed by atoms with Crippen LogP contribution in [0.4, 0.5) is 11.4 Å². The molecule has 150 valence electrons. The molecule has 0 bridgehead atoms. The van der Waals surface area contributed by atoms with Gasteiger partial charge >= 0.3 is 5.97 Å². The summed E-state index contributed by atoms with van der Waals surface area (Å²) in [6.45, 7) is -0.569. The van der Waals surface area contributed by atoms with Crippen LogP contribution in [0.1, 0.15) is 31.1 Å². The second-order valence-corrected chi connectivity index (χ2v) is 6.21. The first-order chi connectivity index (χ1) is 14.4. The van der Waals surface area contributed by atoms with Gasteiger partial charge in [0.1, 0.15) is 0 Å². The Hall–Kier alpha value is -4.33. The molecule has 0 unspecified atom stereocenters. The number of anilines is 1. The van der Waals surface area contributed by atoms with Gasteiger partial charge < -0.3 is 10.1 Å². The zero-order valence-corrected chi connectivity index (χ0v) is 15.6. The lowest BCUT2D eigenvalue weighted by Crippen LogP contribution is -2.15. The van der Waals surface area contributed by atoms with Crippen molar-refractivity contribution in [2.45, 2.75) is 0 Å². The number of nitro groups is 1. The Labute approximate surface area is 171 Å². The summed E-state index contributed by atoms with van der Waals surface area (Å²) < 4.78 is 5.02. The van der Waals surface area contributed by atoms with E-state index in [2.05, 4.69) is 5.32 Å². The molecule has 0 saturated carbocycles. The van der Waals surface area contributed by atoms with E-state index in [9.17, 15) is 24.5 Å². The minimum atomic E-state index is -0.760. The topological polar surface area (TPSA) is 116 Å². The third-order valence-electron chi connectivity index (χ3n) is 4.11. The fraction of sp³-hybridized carbons (Fsp3) is 0.0455. The number of rotatable bonds is 7. The Morgan fingerprint density at radius 2 is 1.50 bits per heavy atom. The first-order valence-corrected chi connectivity index (χ1v) is 8.85.